The van der Waals surface area contributed by atoms with Crippen LogP contribution in [-0.2, 0) is 6.54 Å². The minimum atomic E-state index is -0.536. The zero-order chi connectivity index (χ0) is 14.5. The van der Waals surface area contributed by atoms with Gasteiger partial charge in [-0.25, -0.2) is 9.37 Å². The third kappa shape index (κ3) is 3.03. The second-order valence-electron chi connectivity index (χ2n) is 4.02. The molecule has 0 aliphatic heterocycles. The van der Waals surface area contributed by atoms with Gasteiger partial charge in [0.2, 0.25) is 0 Å². The molecule has 0 saturated heterocycles. The molecule has 5 nitrogen and oxygen atoms in total. The number of aromatic hydroxyl groups is 1. The average Bonchev–Trinajstić information content (AvgIpc) is 2.46. The summed E-state index contributed by atoms with van der Waals surface area (Å²) in [5.74, 6) is -1.02. The maximum absolute atomic E-state index is 12.7. The van der Waals surface area contributed by atoms with Gasteiger partial charge in [0, 0.05) is 18.8 Å². The summed E-state index contributed by atoms with van der Waals surface area (Å²) in [5.41, 5.74) is 0.619. The molecule has 6 heteroatoms. The van der Waals surface area contributed by atoms with Gasteiger partial charge in [-0.2, -0.15) is 0 Å². The average molecular weight is 276 g/mol. The number of amides is 1. The second kappa shape index (κ2) is 6.01. The van der Waals surface area contributed by atoms with Crippen LogP contribution in [0, 0.1) is 5.82 Å². The maximum Gasteiger partial charge on any atom is 0.274 e. The highest BCUT2D eigenvalue weighted by molar-refractivity contribution is 5.95. The Morgan fingerprint density at radius 3 is 2.70 bits per heavy atom. The molecule has 2 rings (SSSR count). The lowest BCUT2D eigenvalue weighted by molar-refractivity contribution is 0.0942. The van der Waals surface area contributed by atoms with Crippen LogP contribution in [0.3, 0.4) is 0 Å². The van der Waals surface area contributed by atoms with Crippen molar-refractivity contribution in [3.8, 4) is 11.5 Å². The van der Waals surface area contributed by atoms with E-state index in [1.165, 1.54) is 31.5 Å². The summed E-state index contributed by atoms with van der Waals surface area (Å²) in [6, 6.07) is 7.19. The number of aromatic nitrogens is 1. The highest BCUT2D eigenvalue weighted by Gasteiger charge is 2.16. The van der Waals surface area contributed by atoms with Gasteiger partial charge < -0.3 is 15.2 Å². The van der Waals surface area contributed by atoms with Crippen molar-refractivity contribution in [1.29, 1.82) is 0 Å². The normalized spacial score (nSPS) is 10.1. The Bertz CT molecular complexity index is 614. The van der Waals surface area contributed by atoms with E-state index < -0.39 is 5.91 Å². The lowest BCUT2D eigenvalue weighted by Gasteiger charge is -2.08. The molecule has 0 spiro atoms. The summed E-state index contributed by atoms with van der Waals surface area (Å²) >= 11 is 0. The zero-order valence-electron chi connectivity index (χ0n) is 10.8. The summed E-state index contributed by atoms with van der Waals surface area (Å²) < 4.78 is 17.6. The van der Waals surface area contributed by atoms with Crippen LogP contribution in [0.4, 0.5) is 4.39 Å². The summed E-state index contributed by atoms with van der Waals surface area (Å²) in [5, 5.41) is 12.4. The fourth-order valence-corrected chi connectivity index (χ4v) is 1.64. The van der Waals surface area contributed by atoms with E-state index in [-0.39, 0.29) is 29.6 Å². The molecule has 0 atom stereocenters. The number of hydrogen-bond donors (Lipinski definition) is 2. The highest BCUT2D eigenvalue weighted by Crippen LogP contribution is 2.27. The lowest BCUT2D eigenvalue weighted by atomic mass is 10.2. The van der Waals surface area contributed by atoms with E-state index in [1.807, 2.05) is 0 Å². The molecule has 0 aliphatic rings. The molecule has 1 aromatic carbocycles. The van der Waals surface area contributed by atoms with Gasteiger partial charge in [0.15, 0.2) is 17.2 Å². The van der Waals surface area contributed by atoms with Crippen molar-refractivity contribution in [2.24, 2.45) is 0 Å². The number of nitrogens with zero attached hydrogens (tertiary/aromatic N) is 1. The van der Waals surface area contributed by atoms with Crippen molar-refractivity contribution >= 4 is 5.91 Å². The van der Waals surface area contributed by atoms with Crippen LogP contribution in [0.2, 0.25) is 0 Å². The van der Waals surface area contributed by atoms with Crippen molar-refractivity contribution in [3.63, 3.8) is 0 Å². The topological polar surface area (TPSA) is 71.5 Å². The van der Waals surface area contributed by atoms with E-state index in [9.17, 15) is 14.3 Å². The van der Waals surface area contributed by atoms with Crippen molar-refractivity contribution < 1.29 is 19.0 Å². The standard InChI is InChI=1S/C14H13FN2O3/c1-20-11-6-7-16-12(13(11)18)14(19)17-8-9-2-4-10(15)5-3-9/h2-7,18H,8H2,1H3,(H,17,19). The number of carbonyl (C=O) groups is 1. The van der Waals surface area contributed by atoms with E-state index >= 15 is 0 Å². The minimum Gasteiger partial charge on any atom is -0.503 e. The number of methoxy groups -OCH3 is 1. The van der Waals surface area contributed by atoms with E-state index in [0.29, 0.717) is 0 Å². The van der Waals surface area contributed by atoms with Gasteiger partial charge in [0.1, 0.15) is 5.82 Å². The van der Waals surface area contributed by atoms with Crippen LogP contribution in [-0.4, -0.2) is 23.1 Å². The molecule has 0 saturated carbocycles. The van der Waals surface area contributed by atoms with E-state index in [0.717, 1.165) is 5.56 Å². The third-order valence-corrected chi connectivity index (χ3v) is 2.69. The van der Waals surface area contributed by atoms with Gasteiger partial charge in [-0.15, -0.1) is 0 Å². The fourth-order valence-electron chi connectivity index (χ4n) is 1.64. The molecule has 1 aromatic heterocycles. The first kappa shape index (κ1) is 13.8. The van der Waals surface area contributed by atoms with Gasteiger partial charge in [-0.3, -0.25) is 4.79 Å². The van der Waals surface area contributed by atoms with Crippen LogP contribution in [0.5, 0.6) is 11.5 Å². The van der Waals surface area contributed by atoms with E-state index in [2.05, 4.69) is 10.3 Å². The van der Waals surface area contributed by atoms with Crippen LogP contribution in [0.25, 0.3) is 0 Å². The number of nitrogens with one attached hydrogen (secondary N) is 1. The Balaban J connectivity index is 2.07. The molecule has 2 N–H and O–H groups in total. The predicted molar refractivity (Wildman–Crippen MR) is 70.0 cm³/mol. The molecule has 104 valence electrons. The van der Waals surface area contributed by atoms with Crippen molar-refractivity contribution in [1.82, 2.24) is 10.3 Å². The molecule has 2 aromatic rings. The highest BCUT2D eigenvalue weighted by atomic mass is 19.1. The van der Waals surface area contributed by atoms with Gasteiger partial charge in [-0.1, -0.05) is 12.1 Å². The zero-order valence-corrected chi connectivity index (χ0v) is 10.8. The first-order valence-corrected chi connectivity index (χ1v) is 5.86. The number of halogens is 1. The Kier molecular flexibility index (Phi) is 4.14. The number of carbonyl (C=O) groups excluding carboxylic acids is 1. The quantitative estimate of drug-likeness (QED) is 0.894. The Hall–Kier alpha value is -2.63. The number of benzene rings is 1. The van der Waals surface area contributed by atoms with Crippen LogP contribution in [0.15, 0.2) is 36.5 Å². The maximum atomic E-state index is 12.7. The minimum absolute atomic E-state index is 0.119. The smallest absolute Gasteiger partial charge is 0.274 e. The lowest BCUT2D eigenvalue weighted by Crippen LogP contribution is -2.24. The molecular weight excluding hydrogens is 263 g/mol. The molecule has 20 heavy (non-hydrogen) atoms. The number of hydrogen-bond acceptors (Lipinski definition) is 4. The van der Waals surface area contributed by atoms with Crippen molar-refractivity contribution in [3.05, 3.63) is 53.6 Å². The number of pyridine rings is 1. The van der Waals surface area contributed by atoms with Gasteiger partial charge >= 0.3 is 0 Å². The predicted octanol–water partition coefficient (Wildman–Crippen LogP) is 1.86. The molecule has 1 amide bonds. The van der Waals surface area contributed by atoms with E-state index in [4.69, 9.17) is 4.74 Å². The third-order valence-electron chi connectivity index (χ3n) is 2.69. The Labute approximate surface area is 115 Å². The molecule has 1 heterocycles. The van der Waals surface area contributed by atoms with Crippen LogP contribution in [0.1, 0.15) is 16.1 Å². The van der Waals surface area contributed by atoms with Gasteiger partial charge in [0.05, 0.1) is 7.11 Å². The second-order valence-corrected chi connectivity index (χ2v) is 4.02. The van der Waals surface area contributed by atoms with Gasteiger partial charge in [0.25, 0.3) is 5.91 Å². The Morgan fingerprint density at radius 1 is 1.35 bits per heavy atom. The molecular formula is C14H13FN2O3. The summed E-state index contributed by atoms with van der Waals surface area (Å²) in [6.45, 7) is 0.206. The summed E-state index contributed by atoms with van der Waals surface area (Å²) in [4.78, 5) is 15.7. The molecule has 0 unspecified atom stereocenters. The number of rotatable bonds is 4. The fraction of sp³-hybridized carbons (Fsp3) is 0.143. The molecule has 0 radical (unpaired) electrons. The van der Waals surface area contributed by atoms with Crippen LogP contribution < -0.4 is 10.1 Å². The largest absolute Gasteiger partial charge is 0.503 e. The summed E-state index contributed by atoms with van der Waals surface area (Å²) in [7, 11) is 1.38. The number of ether oxygens (including phenoxy) is 1. The summed E-state index contributed by atoms with van der Waals surface area (Å²) in [6.07, 6.45) is 1.37. The van der Waals surface area contributed by atoms with Crippen molar-refractivity contribution in [2.75, 3.05) is 7.11 Å². The van der Waals surface area contributed by atoms with Gasteiger partial charge in [-0.05, 0) is 17.7 Å². The van der Waals surface area contributed by atoms with E-state index in [1.54, 1.807) is 12.1 Å². The molecule has 0 fully saturated rings. The van der Waals surface area contributed by atoms with Crippen molar-refractivity contribution in [2.45, 2.75) is 6.54 Å². The Morgan fingerprint density at radius 2 is 2.05 bits per heavy atom. The van der Waals surface area contributed by atoms with Crippen LogP contribution >= 0.6 is 0 Å². The first-order chi connectivity index (χ1) is 9.61. The molecule has 0 aliphatic carbocycles. The molecule has 0 bridgehead atoms. The SMILES string of the molecule is COc1ccnc(C(=O)NCc2ccc(F)cc2)c1O. The first-order valence-electron chi connectivity index (χ1n) is 5.86. The monoisotopic (exact) mass is 276 g/mol.